The lowest BCUT2D eigenvalue weighted by atomic mass is 10.1. The van der Waals surface area contributed by atoms with Crippen LogP contribution in [0.3, 0.4) is 0 Å². The highest BCUT2D eigenvalue weighted by atomic mass is 19.3. The summed E-state index contributed by atoms with van der Waals surface area (Å²) in [6.45, 7) is 0.972. The Morgan fingerprint density at radius 3 is 2.79 bits per heavy atom. The first-order valence-corrected chi connectivity index (χ1v) is 9.03. The van der Waals surface area contributed by atoms with E-state index < -0.39 is 24.8 Å². The summed E-state index contributed by atoms with van der Waals surface area (Å²) in [7, 11) is 0. The maximum Gasteiger partial charge on any atom is 0.296 e. The maximum atomic E-state index is 14.4. The maximum absolute atomic E-state index is 14.4. The summed E-state index contributed by atoms with van der Waals surface area (Å²) < 4.78 is 48.4. The average molecular weight is 391 g/mol. The number of nitrogens with one attached hydrogen (secondary N) is 2. The van der Waals surface area contributed by atoms with Gasteiger partial charge in [-0.05, 0) is 13.3 Å². The second-order valence-corrected chi connectivity index (χ2v) is 7.10. The van der Waals surface area contributed by atoms with Crippen molar-refractivity contribution in [2.45, 2.75) is 44.0 Å². The van der Waals surface area contributed by atoms with Crippen LogP contribution in [0.2, 0.25) is 0 Å². The number of nitrogens with zero attached hydrogens (tertiary/aromatic N) is 3. The van der Waals surface area contributed by atoms with Crippen LogP contribution in [-0.2, 0) is 10.7 Å². The smallest absolute Gasteiger partial charge is 0.296 e. The molecule has 4 rings (SSSR count). The zero-order chi connectivity index (χ0) is 19.7. The van der Waals surface area contributed by atoms with Crippen molar-refractivity contribution in [1.82, 2.24) is 20.2 Å². The van der Waals surface area contributed by atoms with E-state index in [4.69, 9.17) is 4.74 Å². The first-order valence-electron chi connectivity index (χ1n) is 9.03. The Balaban J connectivity index is 1.37. The molecular weight excluding hydrogens is 371 g/mol. The van der Waals surface area contributed by atoms with Crippen molar-refractivity contribution in [3.8, 4) is 0 Å². The molecule has 2 heterocycles. The highest BCUT2D eigenvalue weighted by Crippen LogP contribution is 2.33. The number of H-pyrrole nitrogens is 1. The molecule has 0 radical (unpaired) electrons. The van der Waals surface area contributed by atoms with Crippen molar-refractivity contribution in [2.75, 3.05) is 11.9 Å². The van der Waals surface area contributed by atoms with E-state index in [-0.39, 0.29) is 24.4 Å². The zero-order valence-electron chi connectivity index (χ0n) is 15.2. The lowest BCUT2D eigenvalue weighted by Crippen LogP contribution is -2.28. The van der Waals surface area contributed by atoms with E-state index in [1.54, 1.807) is 18.3 Å². The number of fused-ring (bicyclic) bond motifs is 1. The molecule has 0 aliphatic heterocycles. The van der Waals surface area contributed by atoms with Gasteiger partial charge in [-0.25, -0.2) is 14.4 Å². The van der Waals surface area contributed by atoms with E-state index >= 15 is 0 Å². The first kappa shape index (κ1) is 18.7. The Labute approximate surface area is 159 Å². The van der Waals surface area contributed by atoms with Crippen molar-refractivity contribution in [2.24, 2.45) is 0 Å². The molecule has 1 aromatic carbocycles. The zero-order valence-corrected chi connectivity index (χ0v) is 15.2. The van der Waals surface area contributed by atoms with Gasteiger partial charge in [0.2, 0.25) is 0 Å². The summed E-state index contributed by atoms with van der Waals surface area (Å²) in [6.07, 6.45) is 1.17. The second kappa shape index (κ2) is 7.38. The standard InChI is InChI=1S/C19H20F3N5O/c1-11-2-4-12(5-3-11)19(21,22)9-28-16-7-13(6-15(16)20)26-17-14-8-25-27-18(14)24-10-23-17/h2-5,8,10,13,15-16H,6-7,9H2,1H3,(H2,23,24,25,26,27)/t13-,15+,16?/m0/s1. The molecule has 1 unspecified atom stereocenters. The lowest BCUT2D eigenvalue weighted by molar-refractivity contribution is -0.114. The van der Waals surface area contributed by atoms with Gasteiger partial charge in [0.25, 0.3) is 5.92 Å². The van der Waals surface area contributed by atoms with Gasteiger partial charge >= 0.3 is 0 Å². The number of aromatic amines is 1. The number of rotatable bonds is 6. The molecule has 0 bridgehead atoms. The van der Waals surface area contributed by atoms with Crippen LogP contribution in [0.1, 0.15) is 24.0 Å². The Bertz CT molecular complexity index is 946. The van der Waals surface area contributed by atoms with Gasteiger partial charge in [0.05, 0.1) is 17.7 Å². The van der Waals surface area contributed by atoms with Crippen LogP contribution >= 0.6 is 0 Å². The molecule has 6 nitrogen and oxygen atoms in total. The van der Waals surface area contributed by atoms with Crippen molar-refractivity contribution in [3.63, 3.8) is 0 Å². The number of alkyl halides is 3. The molecule has 1 saturated carbocycles. The lowest BCUT2D eigenvalue weighted by Gasteiger charge is -2.21. The number of hydrogen-bond donors (Lipinski definition) is 2. The van der Waals surface area contributed by atoms with Crippen molar-refractivity contribution < 1.29 is 17.9 Å². The van der Waals surface area contributed by atoms with Crippen LogP contribution in [0.15, 0.2) is 36.8 Å². The normalized spacial score (nSPS) is 22.6. The van der Waals surface area contributed by atoms with Crippen molar-refractivity contribution in [3.05, 3.63) is 47.9 Å². The fourth-order valence-corrected chi connectivity index (χ4v) is 3.40. The summed E-state index contributed by atoms with van der Waals surface area (Å²) >= 11 is 0. The van der Waals surface area contributed by atoms with Crippen LogP contribution < -0.4 is 5.32 Å². The summed E-state index contributed by atoms with van der Waals surface area (Å²) in [5, 5.41) is 10.5. The summed E-state index contributed by atoms with van der Waals surface area (Å²) in [6, 6.07) is 5.71. The molecule has 3 aromatic rings. The van der Waals surface area contributed by atoms with Gasteiger partial charge in [0.15, 0.2) is 5.65 Å². The van der Waals surface area contributed by atoms with Gasteiger partial charge < -0.3 is 10.1 Å². The van der Waals surface area contributed by atoms with E-state index in [1.165, 1.54) is 18.5 Å². The van der Waals surface area contributed by atoms with Gasteiger partial charge in [0.1, 0.15) is 24.9 Å². The molecule has 2 N–H and O–H groups in total. The number of halogens is 3. The average Bonchev–Trinajstić information content (AvgIpc) is 3.27. The number of hydrogen-bond acceptors (Lipinski definition) is 5. The summed E-state index contributed by atoms with van der Waals surface area (Å²) in [4.78, 5) is 8.20. The highest BCUT2D eigenvalue weighted by molar-refractivity contribution is 5.85. The van der Waals surface area contributed by atoms with Crippen molar-refractivity contribution in [1.29, 1.82) is 0 Å². The van der Waals surface area contributed by atoms with E-state index in [2.05, 4.69) is 25.5 Å². The summed E-state index contributed by atoms with van der Waals surface area (Å²) in [5.41, 5.74) is 1.33. The minimum absolute atomic E-state index is 0.135. The van der Waals surface area contributed by atoms with Crippen LogP contribution in [0.4, 0.5) is 19.0 Å². The predicted molar refractivity (Wildman–Crippen MR) is 98.0 cm³/mol. The SMILES string of the molecule is Cc1ccc(C(F)(F)COC2C[C@@H](Nc3ncnc4[nH]ncc34)C[C@H]2F)cc1. The highest BCUT2D eigenvalue weighted by Gasteiger charge is 2.39. The Kier molecular flexibility index (Phi) is 4.92. The minimum atomic E-state index is -3.17. The first-order chi connectivity index (χ1) is 13.4. The van der Waals surface area contributed by atoms with Crippen LogP contribution in [0, 0.1) is 6.92 Å². The van der Waals surface area contributed by atoms with Crippen LogP contribution in [-0.4, -0.2) is 45.1 Å². The third kappa shape index (κ3) is 3.80. The fourth-order valence-electron chi connectivity index (χ4n) is 3.40. The number of benzene rings is 1. The third-order valence-corrected chi connectivity index (χ3v) is 4.97. The number of aryl methyl sites for hydroxylation is 1. The Hall–Kier alpha value is -2.68. The van der Waals surface area contributed by atoms with Gasteiger partial charge in [-0.3, -0.25) is 5.10 Å². The van der Waals surface area contributed by atoms with Gasteiger partial charge in [0, 0.05) is 18.0 Å². The molecule has 0 spiro atoms. The molecule has 3 atom stereocenters. The number of aromatic nitrogens is 4. The molecular formula is C19H20F3N5O. The number of ether oxygens (including phenoxy) is 1. The molecule has 1 aliphatic carbocycles. The largest absolute Gasteiger partial charge is 0.368 e. The topological polar surface area (TPSA) is 75.7 Å². The van der Waals surface area contributed by atoms with Gasteiger partial charge in [-0.15, -0.1) is 0 Å². The molecule has 9 heteroatoms. The van der Waals surface area contributed by atoms with Crippen molar-refractivity contribution >= 4 is 16.9 Å². The van der Waals surface area contributed by atoms with E-state index in [0.29, 0.717) is 16.9 Å². The Morgan fingerprint density at radius 1 is 1.21 bits per heavy atom. The molecule has 0 amide bonds. The molecule has 28 heavy (non-hydrogen) atoms. The van der Waals surface area contributed by atoms with Crippen LogP contribution in [0.25, 0.3) is 11.0 Å². The van der Waals surface area contributed by atoms with E-state index in [0.717, 1.165) is 5.56 Å². The van der Waals surface area contributed by atoms with E-state index in [9.17, 15) is 13.2 Å². The second-order valence-electron chi connectivity index (χ2n) is 7.10. The minimum Gasteiger partial charge on any atom is -0.368 e. The molecule has 148 valence electrons. The molecule has 1 aliphatic rings. The number of anilines is 1. The third-order valence-electron chi connectivity index (χ3n) is 4.97. The van der Waals surface area contributed by atoms with Crippen LogP contribution in [0.5, 0.6) is 0 Å². The molecule has 1 fully saturated rings. The predicted octanol–water partition coefficient (Wildman–Crippen LogP) is 3.75. The summed E-state index contributed by atoms with van der Waals surface area (Å²) in [5.74, 6) is -2.64. The fraction of sp³-hybridized carbons (Fsp3) is 0.421. The Morgan fingerprint density at radius 2 is 2.00 bits per heavy atom. The molecule has 2 aromatic heterocycles. The van der Waals surface area contributed by atoms with Gasteiger partial charge in [-0.2, -0.15) is 13.9 Å². The van der Waals surface area contributed by atoms with Gasteiger partial charge in [-0.1, -0.05) is 29.8 Å². The quantitative estimate of drug-likeness (QED) is 0.669. The monoisotopic (exact) mass is 391 g/mol. The van der Waals surface area contributed by atoms with E-state index in [1.807, 2.05) is 6.92 Å². The molecule has 0 saturated heterocycles.